The molecule has 2 N–H and O–H groups in total. The SMILES string of the molecule is CC1CCCC(C(N)c2cccc3cccnc23)C1. The molecule has 1 aliphatic rings. The Morgan fingerprint density at radius 2 is 2.05 bits per heavy atom. The first-order valence-corrected chi connectivity index (χ1v) is 7.35. The summed E-state index contributed by atoms with van der Waals surface area (Å²) in [4.78, 5) is 4.54. The van der Waals surface area contributed by atoms with Crippen molar-refractivity contribution in [3.05, 3.63) is 42.1 Å². The van der Waals surface area contributed by atoms with Crippen LogP contribution in [-0.2, 0) is 0 Å². The van der Waals surface area contributed by atoms with Crippen LogP contribution in [0.5, 0.6) is 0 Å². The molecule has 1 aromatic heterocycles. The minimum absolute atomic E-state index is 0.126. The molecule has 1 aliphatic carbocycles. The molecule has 3 rings (SSSR count). The Hall–Kier alpha value is -1.41. The van der Waals surface area contributed by atoms with Gasteiger partial charge in [-0.3, -0.25) is 4.98 Å². The average Bonchev–Trinajstić information content (AvgIpc) is 2.46. The summed E-state index contributed by atoms with van der Waals surface area (Å²) in [5, 5.41) is 1.19. The molecule has 0 aliphatic heterocycles. The van der Waals surface area contributed by atoms with Gasteiger partial charge < -0.3 is 5.73 Å². The number of benzene rings is 1. The first-order chi connectivity index (χ1) is 9.25. The van der Waals surface area contributed by atoms with Gasteiger partial charge in [-0.1, -0.05) is 44.0 Å². The van der Waals surface area contributed by atoms with E-state index in [0.29, 0.717) is 5.92 Å². The van der Waals surface area contributed by atoms with Crippen molar-refractivity contribution in [3.63, 3.8) is 0 Å². The van der Waals surface area contributed by atoms with Crippen LogP contribution >= 0.6 is 0 Å². The summed E-state index contributed by atoms with van der Waals surface area (Å²) in [7, 11) is 0. The summed E-state index contributed by atoms with van der Waals surface area (Å²) in [5.41, 5.74) is 8.86. The van der Waals surface area contributed by atoms with E-state index in [1.807, 2.05) is 12.3 Å². The van der Waals surface area contributed by atoms with Crippen molar-refractivity contribution in [2.24, 2.45) is 17.6 Å². The van der Waals surface area contributed by atoms with Gasteiger partial charge in [-0.25, -0.2) is 0 Å². The van der Waals surface area contributed by atoms with Crippen molar-refractivity contribution in [2.45, 2.75) is 38.6 Å². The third kappa shape index (κ3) is 2.50. The van der Waals surface area contributed by atoms with Crippen molar-refractivity contribution in [1.29, 1.82) is 0 Å². The van der Waals surface area contributed by atoms with Gasteiger partial charge in [0, 0.05) is 17.6 Å². The molecular formula is C17H22N2. The van der Waals surface area contributed by atoms with Gasteiger partial charge in [0.2, 0.25) is 0 Å². The van der Waals surface area contributed by atoms with Gasteiger partial charge in [0.25, 0.3) is 0 Å². The normalized spacial score (nSPS) is 25.4. The lowest BCUT2D eigenvalue weighted by Gasteiger charge is -2.31. The van der Waals surface area contributed by atoms with Crippen LogP contribution < -0.4 is 5.73 Å². The van der Waals surface area contributed by atoms with E-state index in [4.69, 9.17) is 5.73 Å². The lowest BCUT2D eigenvalue weighted by molar-refractivity contribution is 0.248. The fourth-order valence-electron chi connectivity index (χ4n) is 3.46. The number of fused-ring (bicyclic) bond motifs is 1. The van der Waals surface area contributed by atoms with Crippen LogP contribution in [0.15, 0.2) is 36.5 Å². The maximum absolute atomic E-state index is 6.56. The number of hydrogen-bond acceptors (Lipinski definition) is 2. The van der Waals surface area contributed by atoms with Gasteiger partial charge >= 0.3 is 0 Å². The van der Waals surface area contributed by atoms with Crippen LogP contribution in [0, 0.1) is 11.8 Å². The van der Waals surface area contributed by atoms with E-state index in [0.717, 1.165) is 11.4 Å². The van der Waals surface area contributed by atoms with Crippen LogP contribution in [0.25, 0.3) is 10.9 Å². The van der Waals surface area contributed by atoms with E-state index in [1.54, 1.807) is 0 Å². The molecule has 100 valence electrons. The Morgan fingerprint density at radius 3 is 2.89 bits per heavy atom. The standard InChI is InChI=1S/C17H22N2/c1-12-5-2-7-14(11-12)16(18)15-9-3-6-13-8-4-10-19-17(13)15/h3-4,6,8-10,12,14,16H,2,5,7,11,18H2,1H3. The molecule has 1 heterocycles. The highest BCUT2D eigenvalue weighted by Crippen LogP contribution is 2.37. The summed E-state index contributed by atoms with van der Waals surface area (Å²) >= 11 is 0. The molecular weight excluding hydrogens is 232 g/mol. The second-order valence-electron chi connectivity index (χ2n) is 5.98. The topological polar surface area (TPSA) is 38.9 Å². The Labute approximate surface area is 115 Å². The molecule has 3 unspecified atom stereocenters. The molecule has 0 amide bonds. The molecule has 0 spiro atoms. The van der Waals surface area contributed by atoms with Gasteiger partial charge in [0.05, 0.1) is 5.52 Å². The lowest BCUT2D eigenvalue weighted by Crippen LogP contribution is -2.26. The highest BCUT2D eigenvalue weighted by molar-refractivity contribution is 5.82. The zero-order valence-electron chi connectivity index (χ0n) is 11.5. The molecule has 0 saturated heterocycles. The highest BCUT2D eigenvalue weighted by atomic mass is 14.7. The van der Waals surface area contributed by atoms with Gasteiger partial charge in [0.1, 0.15) is 0 Å². The number of hydrogen-bond donors (Lipinski definition) is 1. The number of pyridine rings is 1. The summed E-state index contributed by atoms with van der Waals surface area (Å²) in [6.45, 7) is 2.35. The Bertz CT molecular complexity index is 559. The quantitative estimate of drug-likeness (QED) is 0.877. The molecule has 1 fully saturated rings. The van der Waals surface area contributed by atoms with E-state index in [9.17, 15) is 0 Å². The van der Waals surface area contributed by atoms with E-state index >= 15 is 0 Å². The average molecular weight is 254 g/mol. The Balaban J connectivity index is 1.95. The largest absolute Gasteiger partial charge is 0.324 e. The smallest absolute Gasteiger partial charge is 0.0749 e. The maximum Gasteiger partial charge on any atom is 0.0749 e. The Morgan fingerprint density at radius 1 is 1.21 bits per heavy atom. The summed E-state index contributed by atoms with van der Waals surface area (Å²) in [5.74, 6) is 1.42. The number of rotatable bonds is 2. The van der Waals surface area contributed by atoms with Crippen LogP contribution in [0.4, 0.5) is 0 Å². The summed E-state index contributed by atoms with van der Waals surface area (Å²) in [6, 6.07) is 10.6. The van der Waals surface area contributed by atoms with E-state index in [-0.39, 0.29) is 6.04 Å². The molecule has 3 atom stereocenters. The van der Waals surface area contributed by atoms with Crippen molar-refractivity contribution in [1.82, 2.24) is 4.98 Å². The zero-order chi connectivity index (χ0) is 13.2. The second kappa shape index (κ2) is 5.30. The van der Waals surface area contributed by atoms with Gasteiger partial charge in [-0.2, -0.15) is 0 Å². The Kier molecular flexibility index (Phi) is 3.52. The van der Waals surface area contributed by atoms with E-state index in [1.165, 1.54) is 36.6 Å². The molecule has 19 heavy (non-hydrogen) atoms. The van der Waals surface area contributed by atoms with Crippen LogP contribution in [0.2, 0.25) is 0 Å². The monoisotopic (exact) mass is 254 g/mol. The second-order valence-corrected chi connectivity index (χ2v) is 5.98. The minimum Gasteiger partial charge on any atom is -0.324 e. The van der Waals surface area contributed by atoms with Gasteiger partial charge in [0.15, 0.2) is 0 Å². The predicted octanol–water partition coefficient (Wildman–Crippen LogP) is 4.06. The molecule has 1 aromatic carbocycles. The molecule has 0 radical (unpaired) electrons. The lowest BCUT2D eigenvalue weighted by atomic mass is 9.77. The third-order valence-electron chi connectivity index (χ3n) is 4.51. The van der Waals surface area contributed by atoms with Crippen LogP contribution in [-0.4, -0.2) is 4.98 Å². The van der Waals surface area contributed by atoms with Crippen molar-refractivity contribution >= 4 is 10.9 Å². The van der Waals surface area contributed by atoms with Crippen molar-refractivity contribution in [2.75, 3.05) is 0 Å². The van der Waals surface area contributed by atoms with E-state index < -0.39 is 0 Å². The van der Waals surface area contributed by atoms with Crippen LogP contribution in [0.3, 0.4) is 0 Å². The zero-order valence-corrected chi connectivity index (χ0v) is 11.5. The van der Waals surface area contributed by atoms with Crippen molar-refractivity contribution in [3.8, 4) is 0 Å². The maximum atomic E-state index is 6.56. The summed E-state index contributed by atoms with van der Waals surface area (Å²) < 4.78 is 0. The fraction of sp³-hybridized carbons (Fsp3) is 0.471. The van der Waals surface area contributed by atoms with E-state index in [2.05, 4.69) is 36.2 Å². The van der Waals surface area contributed by atoms with Gasteiger partial charge in [-0.15, -0.1) is 0 Å². The number of para-hydroxylation sites is 1. The summed E-state index contributed by atoms with van der Waals surface area (Å²) in [6.07, 6.45) is 7.05. The fourth-order valence-corrected chi connectivity index (χ4v) is 3.46. The van der Waals surface area contributed by atoms with Gasteiger partial charge in [-0.05, 0) is 36.3 Å². The molecule has 2 aromatic rings. The number of aromatic nitrogens is 1. The highest BCUT2D eigenvalue weighted by Gasteiger charge is 2.26. The molecule has 2 nitrogen and oxygen atoms in total. The first kappa shape index (κ1) is 12.6. The predicted molar refractivity (Wildman–Crippen MR) is 79.8 cm³/mol. The molecule has 2 heteroatoms. The molecule has 0 bridgehead atoms. The number of nitrogens with two attached hydrogens (primary N) is 1. The third-order valence-corrected chi connectivity index (χ3v) is 4.51. The number of nitrogens with zero attached hydrogens (tertiary/aromatic N) is 1. The minimum atomic E-state index is 0.126. The molecule has 1 saturated carbocycles. The van der Waals surface area contributed by atoms with Crippen molar-refractivity contribution < 1.29 is 0 Å². The first-order valence-electron chi connectivity index (χ1n) is 7.35. The van der Waals surface area contributed by atoms with Crippen LogP contribution in [0.1, 0.15) is 44.2 Å².